The third-order valence-electron chi connectivity index (χ3n) is 7.18. The van der Waals surface area contributed by atoms with Gasteiger partial charge in [0, 0.05) is 37.5 Å². The van der Waals surface area contributed by atoms with Crippen molar-refractivity contribution in [2.75, 3.05) is 19.7 Å². The van der Waals surface area contributed by atoms with Crippen molar-refractivity contribution in [3.8, 4) is 17.2 Å². The first-order valence-electron chi connectivity index (χ1n) is 14.0. The van der Waals surface area contributed by atoms with Crippen molar-refractivity contribution in [2.45, 2.75) is 52.2 Å². The van der Waals surface area contributed by atoms with E-state index in [0.29, 0.717) is 25.5 Å². The Morgan fingerprint density at radius 1 is 0.950 bits per heavy atom. The molecule has 0 unspecified atom stereocenters. The number of esters is 1. The zero-order valence-corrected chi connectivity index (χ0v) is 23.8. The van der Waals surface area contributed by atoms with Gasteiger partial charge >= 0.3 is 5.97 Å². The third kappa shape index (κ3) is 6.99. The van der Waals surface area contributed by atoms with Crippen LogP contribution in [0.25, 0.3) is 11.5 Å². The lowest BCUT2D eigenvalue weighted by atomic mass is 9.89. The molecule has 0 bridgehead atoms. The minimum absolute atomic E-state index is 0.0572. The van der Waals surface area contributed by atoms with E-state index in [-0.39, 0.29) is 17.8 Å². The Hall–Kier alpha value is -3.90. The molecule has 4 aromatic rings. The van der Waals surface area contributed by atoms with E-state index in [4.69, 9.17) is 13.9 Å². The van der Waals surface area contributed by atoms with Gasteiger partial charge in [-0.25, -0.2) is 4.98 Å². The van der Waals surface area contributed by atoms with Gasteiger partial charge in [0.05, 0.1) is 18.2 Å². The number of oxazole rings is 1. The Morgan fingerprint density at radius 3 is 2.30 bits per heavy atom. The Bertz CT molecular complexity index is 1390. The fourth-order valence-electron chi connectivity index (χ4n) is 5.25. The minimum Gasteiger partial charge on any atom is -0.493 e. The first kappa shape index (κ1) is 27.7. The first-order chi connectivity index (χ1) is 19.2. The molecule has 0 amide bonds. The maximum absolute atomic E-state index is 13.2. The van der Waals surface area contributed by atoms with Crippen LogP contribution in [0.5, 0.6) is 5.75 Å². The highest BCUT2D eigenvalue weighted by Crippen LogP contribution is 2.36. The summed E-state index contributed by atoms with van der Waals surface area (Å²) >= 11 is 0. The summed E-state index contributed by atoms with van der Waals surface area (Å²) in [5.41, 5.74) is 3.72. The number of ether oxygens (including phenoxy) is 2. The molecule has 2 atom stereocenters. The van der Waals surface area contributed by atoms with E-state index >= 15 is 0 Å². The van der Waals surface area contributed by atoms with Crippen molar-refractivity contribution in [3.63, 3.8) is 0 Å². The van der Waals surface area contributed by atoms with Crippen LogP contribution in [0, 0.1) is 12.8 Å². The number of hydrogen-bond donors (Lipinski definition) is 0. The van der Waals surface area contributed by atoms with Gasteiger partial charge in [0.2, 0.25) is 5.89 Å². The van der Waals surface area contributed by atoms with Gasteiger partial charge in [-0.2, -0.15) is 0 Å². The molecule has 1 fully saturated rings. The summed E-state index contributed by atoms with van der Waals surface area (Å²) in [5, 5.41) is 0. The van der Waals surface area contributed by atoms with Crippen LogP contribution in [0.2, 0.25) is 0 Å². The highest BCUT2D eigenvalue weighted by atomic mass is 16.6. The molecule has 5 rings (SSSR count). The Kier molecular flexibility index (Phi) is 8.36. The SMILES string of the molecule is Cc1oc(-c2ccccc2)nc1CCOc1ccc([C@H]2CN(Cc3ccccc3)C[C@@H]2C(=O)OC(C)(C)C)cc1. The molecular weight excluding hydrogens is 500 g/mol. The van der Waals surface area contributed by atoms with E-state index < -0.39 is 5.60 Å². The molecule has 0 saturated carbocycles. The fraction of sp³-hybridized carbons (Fsp3) is 0.353. The largest absolute Gasteiger partial charge is 0.493 e. The lowest BCUT2D eigenvalue weighted by Crippen LogP contribution is -2.32. The summed E-state index contributed by atoms with van der Waals surface area (Å²) in [6.07, 6.45) is 0.654. The average molecular weight is 539 g/mol. The third-order valence-corrected chi connectivity index (χ3v) is 7.18. The average Bonchev–Trinajstić information content (AvgIpc) is 3.53. The van der Waals surface area contributed by atoms with E-state index in [0.717, 1.165) is 41.4 Å². The molecule has 1 aliphatic heterocycles. The van der Waals surface area contributed by atoms with Crippen LogP contribution in [0.15, 0.2) is 89.3 Å². The molecule has 0 spiro atoms. The van der Waals surface area contributed by atoms with Gasteiger partial charge in [-0.05, 0) is 63.1 Å². The number of hydrogen-bond acceptors (Lipinski definition) is 6. The van der Waals surface area contributed by atoms with Crippen molar-refractivity contribution in [1.29, 1.82) is 0 Å². The molecular formula is C34H38N2O4. The predicted octanol–water partition coefficient (Wildman–Crippen LogP) is 6.83. The standard InChI is InChI=1S/C34H38N2O4/c1-24-31(35-32(39-24)27-13-9-6-10-14-27)19-20-38-28-17-15-26(16-18-28)29-22-36(21-25-11-7-5-8-12-25)23-30(29)33(37)40-34(2,3)4/h5-18,29-30H,19-23H2,1-4H3/t29-,30+/m1/s1. The predicted molar refractivity (Wildman–Crippen MR) is 156 cm³/mol. The molecule has 1 saturated heterocycles. The molecule has 1 aliphatic rings. The van der Waals surface area contributed by atoms with Crippen molar-refractivity contribution in [2.24, 2.45) is 5.92 Å². The highest BCUT2D eigenvalue weighted by Gasteiger charge is 2.40. The quantitative estimate of drug-likeness (QED) is 0.218. The number of nitrogens with zero attached hydrogens (tertiary/aromatic N) is 2. The molecule has 6 nitrogen and oxygen atoms in total. The smallest absolute Gasteiger partial charge is 0.311 e. The summed E-state index contributed by atoms with van der Waals surface area (Å²) in [7, 11) is 0. The van der Waals surface area contributed by atoms with E-state index in [9.17, 15) is 4.79 Å². The molecule has 0 radical (unpaired) electrons. The molecule has 0 N–H and O–H groups in total. The maximum Gasteiger partial charge on any atom is 0.311 e. The van der Waals surface area contributed by atoms with E-state index in [1.54, 1.807) is 0 Å². The van der Waals surface area contributed by atoms with Crippen LogP contribution >= 0.6 is 0 Å². The van der Waals surface area contributed by atoms with Crippen molar-refractivity contribution >= 4 is 5.97 Å². The molecule has 0 aliphatic carbocycles. The van der Waals surface area contributed by atoms with Crippen LogP contribution in [-0.4, -0.2) is 41.2 Å². The number of likely N-dealkylation sites (tertiary alicyclic amines) is 1. The number of carbonyl (C=O) groups excluding carboxylic acids is 1. The Labute approximate surface area is 237 Å². The molecule has 40 heavy (non-hydrogen) atoms. The van der Waals surface area contributed by atoms with Gasteiger partial charge in [0.25, 0.3) is 0 Å². The zero-order chi connectivity index (χ0) is 28.1. The number of rotatable bonds is 9. The Morgan fingerprint density at radius 2 is 1.62 bits per heavy atom. The lowest BCUT2D eigenvalue weighted by molar-refractivity contribution is -0.160. The number of aryl methyl sites for hydroxylation is 1. The van der Waals surface area contributed by atoms with E-state index in [1.165, 1.54) is 5.56 Å². The monoisotopic (exact) mass is 538 g/mol. The van der Waals surface area contributed by atoms with Gasteiger partial charge in [-0.15, -0.1) is 0 Å². The molecule has 1 aromatic heterocycles. The molecule has 2 heterocycles. The summed E-state index contributed by atoms with van der Waals surface area (Å²) in [4.78, 5) is 20.2. The van der Waals surface area contributed by atoms with Crippen molar-refractivity contribution in [3.05, 3.63) is 108 Å². The zero-order valence-electron chi connectivity index (χ0n) is 23.8. The number of benzene rings is 3. The van der Waals surface area contributed by atoms with Gasteiger partial charge in [-0.1, -0.05) is 60.7 Å². The first-order valence-corrected chi connectivity index (χ1v) is 14.0. The van der Waals surface area contributed by atoms with Gasteiger partial charge < -0.3 is 13.9 Å². The van der Waals surface area contributed by atoms with Crippen molar-refractivity contribution < 1.29 is 18.7 Å². The van der Waals surface area contributed by atoms with Gasteiger partial charge in [0.1, 0.15) is 17.1 Å². The van der Waals surface area contributed by atoms with Crippen LogP contribution in [-0.2, 0) is 22.5 Å². The summed E-state index contributed by atoms with van der Waals surface area (Å²) in [5.74, 6) is 1.94. The lowest BCUT2D eigenvalue weighted by Gasteiger charge is -2.24. The topological polar surface area (TPSA) is 64.8 Å². The van der Waals surface area contributed by atoms with Crippen LogP contribution in [0.4, 0.5) is 0 Å². The highest BCUT2D eigenvalue weighted by molar-refractivity contribution is 5.75. The summed E-state index contributed by atoms with van der Waals surface area (Å²) in [6, 6.07) is 28.5. The van der Waals surface area contributed by atoms with E-state index in [1.807, 2.05) is 76.2 Å². The number of aromatic nitrogens is 1. The second-order valence-electron chi connectivity index (χ2n) is 11.5. The number of carbonyl (C=O) groups is 1. The van der Waals surface area contributed by atoms with Crippen LogP contribution < -0.4 is 4.74 Å². The molecule has 3 aromatic carbocycles. The molecule has 6 heteroatoms. The van der Waals surface area contributed by atoms with Gasteiger partial charge in [0.15, 0.2) is 0 Å². The van der Waals surface area contributed by atoms with Gasteiger partial charge in [-0.3, -0.25) is 9.69 Å². The second-order valence-corrected chi connectivity index (χ2v) is 11.5. The van der Waals surface area contributed by atoms with Crippen LogP contribution in [0.1, 0.15) is 49.3 Å². The maximum atomic E-state index is 13.2. The van der Waals surface area contributed by atoms with Crippen molar-refractivity contribution in [1.82, 2.24) is 9.88 Å². The second kappa shape index (κ2) is 12.1. The Balaban J connectivity index is 1.22. The fourth-order valence-corrected chi connectivity index (χ4v) is 5.25. The van der Waals surface area contributed by atoms with Crippen LogP contribution in [0.3, 0.4) is 0 Å². The minimum atomic E-state index is -0.518. The summed E-state index contributed by atoms with van der Waals surface area (Å²) in [6.45, 7) is 10.5. The summed E-state index contributed by atoms with van der Waals surface area (Å²) < 4.78 is 17.8. The van der Waals surface area contributed by atoms with E-state index in [2.05, 4.69) is 46.3 Å². The molecule has 208 valence electrons. The normalized spacial score (nSPS) is 17.6.